The Bertz CT molecular complexity index is 711. The molecule has 0 spiro atoms. The van der Waals surface area contributed by atoms with E-state index in [1.165, 1.54) is 24.3 Å². The first-order valence-electron chi connectivity index (χ1n) is 6.50. The third-order valence-corrected chi connectivity index (χ3v) is 5.79. The van der Waals surface area contributed by atoms with E-state index in [2.05, 4.69) is 0 Å². The third-order valence-electron chi connectivity index (χ3n) is 3.43. The smallest absolute Gasteiger partial charge is 0.207 e. The lowest BCUT2D eigenvalue weighted by Crippen LogP contribution is -2.10. The monoisotopic (exact) mass is 306 g/mol. The van der Waals surface area contributed by atoms with Crippen molar-refractivity contribution in [2.75, 3.05) is 0 Å². The van der Waals surface area contributed by atoms with Crippen LogP contribution in [-0.4, -0.2) is 18.6 Å². The Morgan fingerprint density at radius 2 is 0.905 bits per heavy atom. The molecule has 2 N–H and O–H groups in total. The van der Waals surface area contributed by atoms with Gasteiger partial charge in [0.15, 0.2) is 0 Å². The van der Waals surface area contributed by atoms with Crippen LogP contribution in [0.2, 0.25) is 0 Å². The first-order valence-corrected chi connectivity index (χ1v) is 7.98. The van der Waals surface area contributed by atoms with E-state index in [9.17, 15) is 18.6 Å². The van der Waals surface area contributed by atoms with E-state index in [1.54, 1.807) is 27.7 Å². The van der Waals surface area contributed by atoms with Crippen molar-refractivity contribution in [2.24, 2.45) is 0 Å². The van der Waals surface area contributed by atoms with Crippen molar-refractivity contribution in [3.05, 3.63) is 46.5 Å². The summed E-state index contributed by atoms with van der Waals surface area (Å²) in [5, 5.41) is 19.1. The van der Waals surface area contributed by atoms with Crippen LogP contribution < -0.4 is 0 Å². The molecule has 2 aromatic carbocycles. The van der Waals surface area contributed by atoms with Crippen molar-refractivity contribution in [1.29, 1.82) is 0 Å². The molecule has 2 rings (SSSR count). The first kappa shape index (κ1) is 15.4. The molecule has 2 aromatic rings. The minimum atomic E-state index is -3.72. The lowest BCUT2D eigenvalue weighted by molar-refractivity contribution is 0.473. The summed E-state index contributed by atoms with van der Waals surface area (Å²) in [6.07, 6.45) is 0. The van der Waals surface area contributed by atoms with Crippen LogP contribution >= 0.6 is 0 Å². The second kappa shape index (κ2) is 5.07. The highest BCUT2D eigenvalue weighted by Gasteiger charge is 2.26. The molecule has 0 bridgehead atoms. The van der Waals surface area contributed by atoms with Crippen LogP contribution in [0.15, 0.2) is 34.1 Å². The summed E-state index contributed by atoms with van der Waals surface area (Å²) in [5.74, 6) is 0.0891. The number of hydrogen-bond donors (Lipinski definition) is 2. The fourth-order valence-corrected chi connectivity index (χ4v) is 4.94. The van der Waals surface area contributed by atoms with Crippen LogP contribution in [-0.2, 0) is 9.84 Å². The van der Waals surface area contributed by atoms with Gasteiger partial charge in [-0.3, -0.25) is 0 Å². The SMILES string of the molecule is Cc1cc(O)cc(C)c1S(=O)(=O)c1c(C)cc(O)cc1C. The molecule has 0 radical (unpaired) electrons. The summed E-state index contributed by atoms with van der Waals surface area (Å²) in [5.41, 5.74) is 2.00. The van der Waals surface area contributed by atoms with Crippen LogP contribution in [0.1, 0.15) is 22.3 Å². The third kappa shape index (κ3) is 2.61. The standard InChI is InChI=1S/C16H18O4S/c1-9-5-13(17)6-10(2)15(9)21(19,20)16-11(3)7-14(18)8-12(16)4/h5-8,17-18H,1-4H3. The van der Waals surface area contributed by atoms with E-state index < -0.39 is 9.84 Å². The minimum absolute atomic E-state index is 0.0445. The number of phenolic OH excluding ortho intramolecular Hbond substituents is 2. The van der Waals surface area contributed by atoms with E-state index in [1.807, 2.05) is 0 Å². The number of phenols is 2. The van der Waals surface area contributed by atoms with Gasteiger partial charge < -0.3 is 10.2 Å². The van der Waals surface area contributed by atoms with Gasteiger partial charge in [-0.05, 0) is 74.2 Å². The fraction of sp³-hybridized carbons (Fsp3) is 0.250. The maximum Gasteiger partial charge on any atom is 0.207 e. The van der Waals surface area contributed by atoms with Gasteiger partial charge in [0.1, 0.15) is 11.5 Å². The number of aromatic hydroxyl groups is 2. The van der Waals surface area contributed by atoms with E-state index >= 15 is 0 Å². The summed E-state index contributed by atoms with van der Waals surface area (Å²) in [4.78, 5) is 0.411. The van der Waals surface area contributed by atoms with Crippen LogP contribution in [0.4, 0.5) is 0 Å². The summed E-state index contributed by atoms with van der Waals surface area (Å²) >= 11 is 0. The molecule has 0 amide bonds. The molecule has 0 saturated heterocycles. The Morgan fingerprint density at radius 1 is 0.667 bits per heavy atom. The second-order valence-corrected chi connectivity index (χ2v) is 7.14. The second-order valence-electron chi connectivity index (χ2n) is 5.32. The Hall–Kier alpha value is -2.01. The van der Waals surface area contributed by atoms with E-state index in [-0.39, 0.29) is 21.3 Å². The van der Waals surface area contributed by atoms with Crippen molar-refractivity contribution >= 4 is 9.84 Å². The summed E-state index contributed by atoms with van der Waals surface area (Å²) in [6, 6.07) is 5.74. The zero-order chi connectivity index (χ0) is 15.9. The number of hydrogen-bond acceptors (Lipinski definition) is 4. The van der Waals surface area contributed by atoms with Gasteiger partial charge in [0.05, 0.1) is 9.79 Å². The molecule has 112 valence electrons. The average molecular weight is 306 g/mol. The van der Waals surface area contributed by atoms with Crippen LogP contribution in [0.3, 0.4) is 0 Å². The molecule has 0 aromatic heterocycles. The van der Waals surface area contributed by atoms with Gasteiger partial charge in [-0.2, -0.15) is 0 Å². The van der Waals surface area contributed by atoms with E-state index in [0.717, 1.165) is 0 Å². The predicted molar refractivity (Wildman–Crippen MR) is 80.6 cm³/mol. The van der Waals surface area contributed by atoms with Crippen LogP contribution in [0.25, 0.3) is 0 Å². The van der Waals surface area contributed by atoms with Gasteiger partial charge in [0, 0.05) is 0 Å². The van der Waals surface area contributed by atoms with Crippen molar-refractivity contribution in [1.82, 2.24) is 0 Å². The largest absolute Gasteiger partial charge is 0.508 e. The van der Waals surface area contributed by atoms with Crippen LogP contribution in [0.5, 0.6) is 11.5 Å². The van der Waals surface area contributed by atoms with Crippen molar-refractivity contribution in [3.8, 4) is 11.5 Å². The predicted octanol–water partition coefficient (Wildman–Crippen LogP) is 3.16. The molecule has 0 atom stereocenters. The molecule has 21 heavy (non-hydrogen) atoms. The molecule has 4 nitrogen and oxygen atoms in total. The molecular formula is C16H18O4S. The zero-order valence-corrected chi connectivity index (χ0v) is 13.2. The van der Waals surface area contributed by atoms with Gasteiger partial charge in [-0.15, -0.1) is 0 Å². The number of rotatable bonds is 2. The quantitative estimate of drug-likeness (QED) is 0.893. The lowest BCUT2D eigenvalue weighted by Gasteiger charge is -2.15. The highest BCUT2D eigenvalue weighted by molar-refractivity contribution is 7.91. The molecular weight excluding hydrogens is 288 g/mol. The summed E-state index contributed by atoms with van der Waals surface area (Å²) < 4.78 is 26.0. The van der Waals surface area contributed by atoms with Crippen molar-refractivity contribution < 1.29 is 18.6 Å². The van der Waals surface area contributed by atoms with Gasteiger partial charge in [0.2, 0.25) is 9.84 Å². The topological polar surface area (TPSA) is 74.6 Å². The maximum absolute atomic E-state index is 13.0. The zero-order valence-electron chi connectivity index (χ0n) is 12.4. The number of benzene rings is 2. The molecule has 0 heterocycles. The van der Waals surface area contributed by atoms with E-state index in [4.69, 9.17) is 0 Å². The van der Waals surface area contributed by atoms with Gasteiger partial charge >= 0.3 is 0 Å². The van der Waals surface area contributed by atoms with Crippen LogP contribution in [0, 0.1) is 27.7 Å². The highest BCUT2D eigenvalue weighted by Crippen LogP contribution is 2.34. The molecule has 0 aliphatic heterocycles. The normalized spacial score (nSPS) is 11.6. The van der Waals surface area contributed by atoms with Gasteiger partial charge in [-0.25, -0.2) is 8.42 Å². The lowest BCUT2D eigenvalue weighted by atomic mass is 10.1. The molecule has 0 aliphatic rings. The first-order chi connectivity index (χ1) is 9.64. The van der Waals surface area contributed by atoms with Crippen molar-refractivity contribution in [3.63, 3.8) is 0 Å². The molecule has 0 aliphatic carbocycles. The molecule has 0 saturated carbocycles. The molecule has 0 fully saturated rings. The Balaban J connectivity index is 2.81. The van der Waals surface area contributed by atoms with Crippen molar-refractivity contribution in [2.45, 2.75) is 37.5 Å². The fourth-order valence-electron chi connectivity index (χ4n) is 2.80. The Morgan fingerprint density at radius 3 is 1.14 bits per heavy atom. The molecule has 5 heteroatoms. The summed E-state index contributed by atoms with van der Waals surface area (Å²) in [7, 11) is -3.72. The number of aryl methyl sites for hydroxylation is 4. The maximum atomic E-state index is 13.0. The average Bonchev–Trinajstić information content (AvgIpc) is 2.23. The van der Waals surface area contributed by atoms with Gasteiger partial charge in [-0.1, -0.05) is 0 Å². The number of sulfone groups is 1. The highest BCUT2D eigenvalue weighted by atomic mass is 32.2. The molecule has 0 unspecified atom stereocenters. The Labute approximate surface area is 124 Å². The van der Waals surface area contributed by atoms with Gasteiger partial charge in [0.25, 0.3) is 0 Å². The Kier molecular flexibility index (Phi) is 3.72. The minimum Gasteiger partial charge on any atom is -0.508 e. The van der Waals surface area contributed by atoms with E-state index in [0.29, 0.717) is 22.3 Å². The summed E-state index contributed by atoms with van der Waals surface area (Å²) in [6.45, 7) is 6.63.